The highest BCUT2D eigenvalue weighted by Crippen LogP contribution is 2.47. The molecule has 4 amide bonds. The lowest BCUT2D eigenvalue weighted by Crippen LogP contribution is -2.20. The molecule has 724 valence electrons. The summed E-state index contributed by atoms with van der Waals surface area (Å²) >= 11 is 0. The Kier molecular flexibility index (Phi) is 26.4. The third-order valence-electron chi connectivity index (χ3n) is 27.4. The average molecular weight is 1930 g/mol. The van der Waals surface area contributed by atoms with E-state index in [1.165, 1.54) is 0 Å². The molecule has 0 unspecified atom stereocenters. The monoisotopic (exact) mass is 1930 g/mol. The van der Waals surface area contributed by atoms with E-state index in [0.717, 1.165) is 272 Å². The summed E-state index contributed by atoms with van der Waals surface area (Å²) in [4.78, 5) is 67.9. The van der Waals surface area contributed by atoms with Gasteiger partial charge >= 0.3 is 12.1 Å². The van der Waals surface area contributed by atoms with Crippen molar-refractivity contribution in [2.45, 2.75) is 79.1 Å². The third kappa shape index (κ3) is 19.3. The molecule has 0 radical (unpaired) electrons. The zero-order chi connectivity index (χ0) is 99.9. The number of aromatic nitrogens is 8. The maximum Gasteiger partial charge on any atom is 0.323 e. The van der Waals surface area contributed by atoms with Crippen molar-refractivity contribution in [1.82, 2.24) is 39.9 Å². The van der Waals surface area contributed by atoms with Crippen LogP contribution in [0.4, 0.5) is 32.3 Å². The second-order valence-corrected chi connectivity index (χ2v) is 37.7. The van der Waals surface area contributed by atoms with Crippen LogP contribution < -0.4 is 40.2 Å². The fourth-order valence-corrected chi connectivity index (χ4v) is 20.9. The molecule has 0 atom stereocenters. The molecule has 5 aliphatic rings. The maximum atomic E-state index is 15.1. The van der Waals surface area contributed by atoms with Gasteiger partial charge in [-0.1, -0.05) is 270 Å². The van der Waals surface area contributed by atoms with E-state index in [2.05, 4.69) is 348 Å². The van der Waals surface area contributed by atoms with Crippen LogP contribution in [0, 0.1) is 0 Å². The number of amides is 4. The number of carbonyl (C=O) groups excluding carboxylic acids is 2. The van der Waals surface area contributed by atoms with Crippen molar-refractivity contribution in [2.24, 2.45) is 0 Å². The van der Waals surface area contributed by atoms with Gasteiger partial charge in [0, 0.05) is 159 Å². The topological polar surface area (TPSA) is 234 Å². The molecule has 0 saturated carbocycles. The van der Waals surface area contributed by atoms with Gasteiger partial charge in [-0.3, -0.25) is 0 Å². The second-order valence-electron chi connectivity index (χ2n) is 37.7. The molecule has 18 nitrogen and oxygen atoms in total. The van der Waals surface area contributed by atoms with Crippen LogP contribution in [0.15, 0.2) is 340 Å². The summed E-state index contributed by atoms with van der Waals surface area (Å²) in [6.45, 7) is 10.2. The predicted octanol–water partition coefficient (Wildman–Crippen LogP) is 32.1. The molecule has 12 aromatic carbocycles. The van der Waals surface area contributed by atoms with Crippen molar-refractivity contribution >= 4 is 128 Å². The van der Waals surface area contributed by atoms with Crippen LogP contribution in [0.2, 0.25) is 0 Å². The molecule has 18 heteroatoms. The highest BCUT2D eigenvalue weighted by Gasteiger charge is 2.29. The van der Waals surface area contributed by atoms with Gasteiger partial charge in [0.1, 0.15) is 23.0 Å². The minimum atomic E-state index is -0.435. The van der Waals surface area contributed by atoms with Crippen molar-refractivity contribution in [2.75, 3.05) is 47.7 Å². The second kappa shape index (κ2) is 41.9. The number of ether oxygens (including phenoxy) is 4. The normalized spacial score (nSPS) is 12.2. The number of fused-ring (bicyclic) bond motifs is 24. The lowest BCUT2D eigenvalue weighted by atomic mass is 9.90. The molecule has 10 heterocycles. The minimum Gasteiger partial charge on any atom is -0.493 e. The lowest BCUT2D eigenvalue weighted by molar-refractivity contribution is 0.261. The van der Waals surface area contributed by atoms with Crippen molar-refractivity contribution < 1.29 is 28.5 Å². The Morgan fingerprint density at radius 3 is 0.595 bits per heavy atom. The average Bonchev–Trinajstić information content (AvgIpc) is 1.42. The van der Waals surface area contributed by atoms with Gasteiger partial charge in [-0.15, -0.1) is 0 Å². The van der Waals surface area contributed by atoms with Gasteiger partial charge in [0.15, 0.2) is 0 Å². The number of benzene rings is 12. The molecule has 148 heavy (non-hydrogen) atoms. The summed E-state index contributed by atoms with van der Waals surface area (Å²) < 4.78 is 28.1. The number of carbonyl (C=O) groups is 2. The maximum absolute atomic E-state index is 15.1. The van der Waals surface area contributed by atoms with E-state index in [9.17, 15) is 0 Å². The van der Waals surface area contributed by atoms with E-state index >= 15 is 9.59 Å². The van der Waals surface area contributed by atoms with Crippen LogP contribution in [0.25, 0.3) is 182 Å². The predicted molar refractivity (Wildman–Crippen MR) is 607 cm³/mol. The number of rotatable bonds is 24. The van der Waals surface area contributed by atoms with Gasteiger partial charge in [0.05, 0.1) is 72.0 Å². The van der Waals surface area contributed by atoms with Crippen molar-refractivity contribution in [3.05, 3.63) is 430 Å². The molecule has 1 aliphatic carbocycles. The SMILES string of the molecule is CCCOc1c2cccc1Cc1cc(NC(=O)Nc3ccc(-c4c5nc(c(-c6ccccc6)c6ccc([nH]6)c(-c6ccccc6)c6nc(c(-c7ccccc7)c7ccc4[nH]7)C=C6)C=C5)cc3)cc(c1OCCC)Cc1cccc(c1OCCC)Cc1cc(NC(=O)Nc3ccc(-c4c5nc(c(-c6ccccc6)c6ccc([nH]6)c(-c6ccccc6)c6nc(c(-c7ccccc7)c7ccc4[nH]7)C=C6)C=C5)cc3)cc(c1OCCC)C2. The Hall–Kier alpha value is -18.4. The van der Waals surface area contributed by atoms with Crippen LogP contribution in [-0.2, 0) is 25.7 Å². The first-order valence-electron chi connectivity index (χ1n) is 51.0. The van der Waals surface area contributed by atoms with Gasteiger partial charge in [-0.05, 0) is 238 Å². The number of nitrogens with zero attached hydrogens (tertiary/aromatic N) is 4. The number of hydrogen-bond acceptors (Lipinski definition) is 10. The first-order valence-corrected chi connectivity index (χ1v) is 51.0. The fraction of sp³-hybridized carbons (Fsp3) is 0.123. The van der Waals surface area contributed by atoms with E-state index in [-0.39, 0.29) is 0 Å². The molecule has 0 fully saturated rings. The Morgan fingerprint density at radius 1 is 0.216 bits per heavy atom. The molecule has 8 N–H and O–H groups in total. The summed E-state index contributed by atoms with van der Waals surface area (Å²) in [5, 5.41) is 13.1. The molecule has 23 rings (SSSR count). The zero-order valence-corrected chi connectivity index (χ0v) is 82.7. The van der Waals surface area contributed by atoms with E-state index in [0.29, 0.717) is 74.9 Å². The summed E-state index contributed by atoms with van der Waals surface area (Å²) in [5.41, 5.74) is 38.3. The van der Waals surface area contributed by atoms with Gasteiger partial charge < -0.3 is 60.2 Å². The van der Waals surface area contributed by atoms with Crippen LogP contribution in [0.1, 0.15) is 143 Å². The molecule has 24 bridgehead atoms. The molecule has 6 aromatic heterocycles. The zero-order valence-electron chi connectivity index (χ0n) is 82.7. The lowest BCUT2D eigenvalue weighted by Gasteiger charge is -2.24. The number of para-hydroxylation sites is 2. The highest BCUT2D eigenvalue weighted by atomic mass is 16.5. The fourth-order valence-electron chi connectivity index (χ4n) is 20.9. The Labute approximate surface area is 858 Å². The third-order valence-corrected chi connectivity index (χ3v) is 27.4. The van der Waals surface area contributed by atoms with E-state index in [4.69, 9.17) is 38.9 Å². The highest BCUT2D eigenvalue weighted by molar-refractivity contribution is 6.06. The van der Waals surface area contributed by atoms with Crippen LogP contribution in [-0.4, -0.2) is 78.4 Å². The largest absolute Gasteiger partial charge is 0.493 e. The van der Waals surface area contributed by atoms with Crippen molar-refractivity contribution in [3.8, 4) is 112 Å². The summed E-state index contributed by atoms with van der Waals surface area (Å²) in [7, 11) is 0. The van der Waals surface area contributed by atoms with Gasteiger partial charge in [0.25, 0.3) is 0 Å². The van der Waals surface area contributed by atoms with E-state index < -0.39 is 12.1 Å². The quantitative estimate of drug-likeness (QED) is 0.0285. The van der Waals surface area contributed by atoms with Crippen molar-refractivity contribution in [3.63, 3.8) is 0 Å². The van der Waals surface area contributed by atoms with E-state index in [1.54, 1.807) is 0 Å². The van der Waals surface area contributed by atoms with Crippen LogP contribution in [0.5, 0.6) is 23.0 Å². The number of anilines is 4. The van der Waals surface area contributed by atoms with Crippen LogP contribution >= 0.6 is 0 Å². The van der Waals surface area contributed by atoms with Gasteiger partial charge in [0.2, 0.25) is 0 Å². The molecular formula is C130H108N12O6. The molecular weight excluding hydrogens is 1830 g/mol. The molecule has 4 aliphatic heterocycles. The molecule has 0 saturated heterocycles. The number of aromatic amines is 4. The van der Waals surface area contributed by atoms with Gasteiger partial charge in [-0.25, -0.2) is 29.5 Å². The van der Waals surface area contributed by atoms with Crippen molar-refractivity contribution in [1.29, 1.82) is 0 Å². The summed E-state index contributed by atoms with van der Waals surface area (Å²) in [6.07, 6.45) is 21.3. The molecule has 18 aromatic rings. The first-order chi connectivity index (χ1) is 72.9. The summed E-state index contributed by atoms with van der Waals surface area (Å²) in [6, 6.07) is 115. The van der Waals surface area contributed by atoms with Gasteiger partial charge in [-0.2, -0.15) is 0 Å². The number of urea groups is 2. The Balaban J connectivity index is 0.578. The molecule has 0 spiro atoms. The minimum absolute atomic E-state index is 0.369. The van der Waals surface area contributed by atoms with E-state index in [1.807, 2.05) is 109 Å². The Morgan fingerprint density at radius 2 is 0.399 bits per heavy atom. The number of nitrogens with one attached hydrogen (secondary N) is 8. The number of hydrogen-bond donors (Lipinski definition) is 8. The number of H-pyrrole nitrogens is 4. The standard InChI is InChI=1S/C130H108N12O6/c1-5-69-145-125-89-41-27-42-90(125)74-94-78-100(134-130(144)132-98-51-47-88(48-52-98)124-115-67-63-111(141-115)121(85-37-23-13-24-38-85)107-59-55-103(137-107)118(82-31-17-10-18-32-82)104-56-60-108(138-104)122(86-39-25-14-26-40-86)112-64-68-116(124)142-112)80-96(128(94)148-72-8-4)76-92-44-28-43-91(126(92)146-70-6-2)75-95-79-99(77-93(73-89)127(95)147-71-7-3)133-129(143)131-97-49-45-87(46-50-97)123-113-65-61-109(139-113)119(83-33-19-11-20-34-83)105-57-53-101(135-105)117(81-29-15-9-16-30-81)102-54-58-106(136-102)120(84-35-21-12-22-36-84)110-62-66-114(123)140-110/h9-68,77-80,135,137,140,142H,5-8,69-76H2,1-4H3,(H2,131,133,143)(H2,132,134,144). The van der Waals surface area contributed by atoms with Crippen LogP contribution in [0.3, 0.4) is 0 Å². The smallest absolute Gasteiger partial charge is 0.323 e. The summed E-state index contributed by atoms with van der Waals surface area (Å²) in [5.74, 6) is 2.92. The Bertz CT molecular complexity index is 7980. The first kappa shape index (κ1) is 93.2.